The molecule has 0 saturated carbocycles. The third-order valence-corrected chi connectivity index (χ3v) is 3.17. The standard InChI is InChI=1S/C12H25NO2/c1-9(2)13-8-12(14)7-10(3,4)15-11(12,5)6/h9,13-14H,7-8H2,1-6H3. The van der Waals surface area contributed by atoms with E-state index in [0.717, 1.165) is 0 Å². The van der Waals surface area contributed by atoms with Gasteiger partial charge in [-0.25, -0.2) is 0 Å². The smallest absolute Gasteiger partial charge is 0.108 e. The number of rotatable bonds is 3. The van der Waals surface area contributed by atoms with E-state index in [0.29, 0.717) is 19.0 Å². The minimum atomic E-state index is -0.777. The summed E-state index contributed by atoms with van der Waals surface area (Å²) in [4.78, 5) is 0. The van der Waals surface area contributed by atoms with Crippen LogP contribution < -0.4 is 5.32 Å². The molecule has 15 heavy (non-hydrogen) atoms. The Morgan fingerprint density at radius 3 is 2.13 bits per heavy atom. The SMILES string of the molecule is CC(C)NCC1(O)CC(C)(C)OC1(C)C. The lowest BCUT2D eigenvalue weighted by Gasteiger charge is -2.35. The summed E-state index contributed by atoms with van der Waals surface area (Å²) >= 11 is 0. The summed E-state index contributed by atoms with van der Waals surface area (Å²) in [5, 5.41) is 13.9. The molecule has 3 heteroatoms. The Morgan fingerprint density at radius 2 is 1.80 bits per heavy atom. The van der Waals surface area contributed by atoms with E-state index >= 15 is 0 Å². The summed E-state index contributed by atoms with van der Waals surface area (Å²) in [7, 11) is 0. The van der Waals surface area contributed by atoms with Gasteiger partial charge in [0.1, 0.15) is 5.60 Å². The van der Waals surface area contributed by atoms with Crippen molar-refractivity contribution >= 4 is 0 Å². The van der Waals surface area contributed by atoms with E-state index in [1.807, 2.05) is 27.7 Å². The number of aliphatic hydroxyl groups is 1. The van der Waals surface area contributed by atoms with E-state index < -0.39 is 11.2 Å². The summed E-state index contributed by atoms with van der Waals surface area (Å²) in [5.74, 6) is 0. The maximum absolute atomic E-state index is 10.6. The van der Waals surface area contributed by atoms with E-state index in [1.165, 1.54) is 0 Å². The summed E-state index contributed by atoms with van der Waals surface area (Å²) in [6, 6.07) is 0.383. The fourth-order valence-corrected chi connectivity index (χ4v) is 2.39. The fourth-order valence-electron chi connectivity index (χ4n) is 2.39. The lowest BCUT2D eigenvalue weighted by Crippen LogP contribution is -2.54. The van der Waals surface area contributed by atoms with E-state index in [4.69, 9.17) is 4.74 Å². The average Bonchev–Trinajstić information content (AvgIpc) is 2.12. The summed E-state index contributed by atoms with van der Waals surface area (Å²) < 4.78 is 5.89. The Bertz CT molecular complexity index is 236. The van der Waals surface area contributed by atoms with Crippen LogP contribution in [0.1, 0.15) is 48.0 Å². The topological polar surface area (TPSA) is 41.5 Å². The maximum atomic E-state index is 10.6. The molecule has 0 radical (unpaired) electrons. The first-order valence-corrected chi connectivity index (χ1v) is 5.74. The molecule has 0 aliphatic carbocycles. The van der Waals surface area contributed by atoms with Gasteiger partial charge in [-0.3, -0.25) is 0 Å². The molecule has 0 aromatic heterocycles. The van der Waals surface area contributed by atoms with Gasteiger partial charge in [0.05, 0.1) is 11.2 Å². The molecule has 0 spiro atoms. The van der Waals surface area contributed by atoms with Crippen molar-refractivity contribution in [3.05, 3.63) is 0 Å². The monoisotopic (exact) mass is 215 g/mol. The van der Waals surface area contributed by atoms with Crippen LogP contribution in [-0.4, -0.2) is 34.5 Å². The predicted molar refractivity (Wildman–Crippen MR) is 61.9 cm³/mol. The first-order valence-electron chi connectivity index (χ1n) is 5.74. The van der Waals surface area contributed by atoms with Crippen LogP contribution in [-0.2, 0) is 4.74 Å². The van der Waals surface area contributed by atoms with Gasteiger partial charge in [0.25, 0.3) is 0 Å². The molecule has 1 unspecified atom stereocenters. The summed E-state index contributed by atoms with van der Waals surface area (Å²) in [5.41, 5.74) is -1.50. The van der Waals surface area contributed by atoms with Crippen LogP contribution in [0.2, 0.25) is 0 Å². The van der Waals surface area contributed by atoms with Gasteiger partial charge in [0.15, 0.2) is 0 Å². The lowest BCUT2D eigenvalue weighted by atomic mass is 9.82. The van der Waals surface area contributed by atoms with E-state index in [-0.39, 0.29) is 5.60 Å². The zero-order valence-corrected chi connectivity index (χ0v) is 10.8. The van der Waals surface area contributed by atoms with Crippen molar-refractivity contribution in [1.29, 1.82) is 0 Å². The highest BCUT2D eigenvalue weighted by Gasteiger charge is 2.56. The van der Waals surface area contributed by atoms with Crippen molar-refractivity contribution in [2.45, 2.75) is 70.8 Å². The minimum absolute atomic E-state index is 0.239. The van der Waals surface area contributed by atoms with Crippen LogP contribution in [0.3, 0.4) is 0 Å². The van der Waals surface area contributed by atoms with Gasteiger partial charge < -0.3 is 15.2 Å². The number of ether oxygens (including phenoxy) is 1. The molecule has 3 nitrogen and oxygen atoms in total. The van der Waals surface area contributed by atoms with Crippen LogP contribution in [0.15, 0.2) is 0 Å². The fraction of sp³-hybridized carbons (Fsp3) is 1.00. The number of nitrogens with one attached hydrogen (secondary N) is 1. The third kappa shape index (κ3) is 2.71. The first-order chi connectivity index (χ1) is 6.58. The second kappa shape index (κ2) is 3.72. The third-order valence-electron chi connectivity index (χ3n) is 3.17. The summed E-state index contributed by atoms with van der Waals surface area (Å²) in [6.07, 6.45) is 0.673. The molecule has 1 fully saturated rings. The first kappa shape index (κ1) is 12.9. The Hall–Kier alpha value is -0.120. The predicted octanol–water partition coefficient (Wildman–Crippen LogP) is 1.69. The van der Waals surface area contributed by atoms with Crippen molar-refractivity contribution in [2.24, 2.45) is 0 Å². The van der Waals surface area contributed by atoms with Crippen molar-refractivity contribution in [3.8, 4) is 0 Å². The van der Waals surface area contributed by atoms with Gasteiger partial charge in [-0.1, -0.05) is 13.8 Å². The van der Waals surface area contributed by atoms with Crippen molar-refractivity contribution in [3.63, 3.8) is 0 Å². The maximum Gasteiger partial charge on any atom is 0.108 e. The molecule has 1 rings (SSSR count). The normalized spacial score (nSPS) is 33.6. The minimum Gasteiger partial charge on any atom is -0.385 e. The van der Waals surface area contributed by atoms with E-state index in [1.54, 1.807) is 0 Å². The Labute approximate surface area is 93.2 Å². The molecule has 0 aromatic rings. The largest absolute Gasteiger partial charge is 0.385 e. The lowest BCUT2D eigenvalue weighted by molar-refractivity contribution is -0.125. The van der Waals surface area contributed by atoms with E-state index in [9.17, 15) is 5.11 Å². The highest BCUT2D eigenvalue weighted by atomic mass is 16.5. The van der Waals surface area contributed by atoms with Crippen LogP contribution in [0.25, 0.3) is 0 Å². The molecule has 1 saturated heterocycles. The van der Waals surface area contributed by atoms with Gasteiger partial charge in [0.2, 0.25) is 0 Å². The molecular weight excluding hydrogens is 190 g/mol. The molecule has 1 aliphatic rings. The van der Waals surface area contributed by atoms with Gasteiger partial charge in [-0.2, -0.15) is 0 Å². The van der Waals surface area contributed by atoms with Crippen LogP contribution in [0.4, 0.5) is 0 Å². The average molecular weight is 215 g/mol. The zero-order chi connectivity index (χ0) is 11.9. The molecule has 1 heterocycles. The highest BCUT2D eigenvalue weighted by molar-refractivity contribution is 5.07. The number of hydrogen-bond acceptors (Lipinski definition) is 3. The van der Waals surface area contributed by atoms with Gasteiger partial charge >= 0.3 is 0 Å². The van der Waals surface area contributed by atoms with Gasteiger partial charge in [-0.05, 0) is 27.7 Å². The molecule has 0 amide bonds. The van der Waals surface area contributed by atoms with Crippen LogP contribution >= 0.6 is 0 Å². The molecular formula is C12H25NO2. The molecule has 1 aliphatic heterocycles. The molecule has 2 N–H and O–H groups in total. The second-order valence-corrected chi connectivity index (χ2v) is 6.12. The van der Waals surface area contributed by atoms with Crippen LogP contribution in [0.5, 0.6) is 0 Å². The Kier molecular flexibility index (Phi) is 3.21. The zero-order valence-electron chi connectivity index (χ0n) is 10.8. The second-order valence-electron chi connectivity index (χ2n) is 6.12. The molecule has 1 atom stereocenters. The van der Waals surface area contributed by atoms with E-state index in [2.05, 4.69) is 19.2 Å². The molecule has 0 aromatic carbocycles. The molecule has 0 bridgehead atoms. The van der Waals surface area contributed by atoms with Crippen molar-refractivity contribution in [2.75, 3.05) is 6.54 Å². The quantitative estimate of drug-likeness (QED) is 0.753. The Morgan fingerprint density at radius 1 is 1.27 bits per heavy atom. The summed E-state index contributed by atoms with van der Waals surface area (Å²) in [6.45, 7) is 12.7. The van der Waals surface area contributed by atoms with Gasteiger partial charge in [-0.15, -0.1) is 0 Å². The number of hydrogen-bond donors (Lipinski definition) is 2. The van der Waals surface area contributed by atoms with Gasteiger partial charge in [0, 0.05) is 19.0 Å². The molecule has 90 valence electrons. The van der Waals surface area contributed by atoms with Crippen molar-refractivity contribution < 1.29 is 9.84 Å². The Balaban J connectivity index is 2.74. The van der Waals surface area contributed by atoms with Crippen LogP contribution in [0, 0.1) is 0 Å². The van der Waals surface area contributed by atoms with Crippen molar-refractivity contribution in [1.82, 2.24) is 5.32 Å². The highest BCUT2D eigenvalue weighted by Crippen LogP contribution is 2.44.